The molecule has 3 rings (SSSR count). The number of likely N-dealkylation sites (tertiary alicyclic amines) is 1. The Bertz CT molecular complexity index is 968. The number of aryl methyl sites for hydroxylation is 2. The number of anilines is 1. The number of nitrogens with one attached hydrogen (secondary N) is 1. The van der Waals surface area contributed by atoms with Crippen molar-refractivity contribution >= 4 is 21.6 Å². The summed E-state index contributed by atoms with van der Waals surface area (Å²) in [7, 11) is -3.35. The molecule has 6 nitrogen and oxygen atoms in total. The summed E-state index contributed by atoms with van der Waals surface area (Å²) in [6, 6.07) is 12.8. The largest absolute Gasteiger partial charge is 0.488 e. The quantitative estimate of drug-likeness (QED) is 0.746. The summed E-state index contributed by atoms with van der Waals surface area (Å²) in [6.45, 7) is 6.88. The van der Waals surface area contributed by atoms with Crippen LogP contribution in [-0.2, 0) is 10.0 Å². The SMILES string of the molecule is CCCS(=O)(=O)Nc1cccc(O[C@H]2CCN(C(=O)c3c(C)cccc3C)C2)c1. The molecule has 0 bridgehead atoms. The van der Waals surface area contributed by atoms with Crippen molar-refractivity contribution in [2.24, 2.45) is 0 Å². The maximum Gasteiger partial charge on any atom is 0.254 e. The minimum absolute atomic E-state index is 0.0350. The Morgan fingerprint density at radius 1 is 1.17 bits per heavy atom. The summed E-state index contributed by atoms with van der Waals surface area (Å²) in [5.41, 5.74) is 3.20. The normalized spacial score (nSPS) is 16.7. The summed E-state index contributed by atoms with van der Waals surface area (Å²) >= 11 is 0. The van der Waals surface area contributed by atoms with Crippen molar-refractivity contribution in [3.05, 3.63) is 59.2 Å². The fourth-order valence-electron chi connectivity index (χ4n) is 3.64. The van der Waals surface area contributed by atoms with Crippen molar-refractivity contribution in [2.45, 2.75) is 39.7 Å². The first-order chi connectivity index (χ1) is 13.8. The Hall–Kier alpha value is -2.54. The molecule has 0 radical (unpaired) electrons. The molecule has 2 aromatic carbocycles. The summed E-state index contributed by atoms with van der Waals surface area (Å²) < 4.78 is 32.5. The molecule has 1 saturated heterocycles. The molecular formula is C22H28N2O4S. The summed E-state index contributed by atoms with van der Waals surface area (Å²) in [5.74, 6) is 0.705. The van der Waals surface area contributed by atoms with Gasteiger partial charge in [0.2, 0.25) is 10.0 Å². The van der Waals surface area contributed by atoms with Crippen LogP contribution in [0.5, 0.6) is 5.75 Å². The fourth-order valence-corrected chi connectivity index (χ4v) is 4.77. The Balaban J connectivity index is 1.64. The first-order valence-electron chi connectivity index (χ1n) is 9.92. The molecule has 1 N–H and O–H groups in total. The Morgan fingerprint density at radius 3 is 2.55 bits per heavy atom. The van der Waals surface area contributed by atoms with E-state index in [0.29, 0.717) is 30.9 Å². The van der Waals surface area contributed by atoms with Crippen LogP contribution in [0.3, 0.4) is 0 Å². The third-order valence-corrected chi connectivity index (χ3v) is 6.50. The number of benzene rings is 2. The number of rotatable bonds is 7. The lowest BCUT2D eigenvalue weighted by Gasteiger charge is -2.20. The molecule has 1 aliphatic heterocycles. The highest BCUT2D eigenvalue weighted by Gasteiger charge is 2.29. The lowest BCUT2D eigenvalue weighted by Crippen LogP contribution is -2.31. The molecule has 0 aromatic heterocycles. The summed E-state index contributed by atoms with van der Waals surface area (Å²) in [4.78, 5) is 14.8. The fraction of sp³-hybridized carbons (Fsp3) is 0.409. The monoisotopic (exact) mass is 416 g/mol. The van der Waals surface area contributed by atoms with Gasteiger partial charge in [0.1, 0.15) is 11.9 Å². The maximum atomic E-state index is 13.0. The van der Waals surface area contributed by atoms with Gasteiger partial charge in [-0.25, -0.2) is 8.42 Å². The topological polar surface area (TPSA) is 75.7 Å². The van der Waals surface area contributed by atoms with Crippen LogP contribution < -0.4 is 9.46 Å². The summed E-state index contributed by atoms with van der Waals surface area (Å²) in [6.07, 6.45) is 1.17. The van der Waals surface area contributed by atoms with Gasteiger partial charge in [-0.1, -0.05) is 31.2 Å². The van der Waals surface area contributed by atoms with E-state index in [4.69, 9.17) is 4.74 Å². The van der Waals surface area contributed by atoms with E-state index < -0.39 is 10.0 Å². The number of hydrogen-bond acceptors (Lipinski definition) is 4. The highest BCUT2D eigenvalue weighted by atomic mass is 32.2. The summed E-state index contributed by atoms with van der Waals surface area (Å²) in [5, 5.41) is 0. The van der Waals surface area contributed by atoms with Gasteiger partial charge in [0.25, 0.3) is 5.91 Å². The molecular weight excluding hydrogens is 388 g/mol. The second kappa shape index (κ2) is 8.86. The van der Waals surface area contributed by atoms with E-state index in [0.717, 1.165) is 23.1 Å². The third-order valence-electron chi connectivity index (χ3n) is 5.01. The average Bonchev–Trinajstić information content (AvgIpc) is 3.09. The van der Waals surface area contributed by atoms with Crippen LogP contribution in [0.25, 0.3) is 0 Å². The molecule has 29 heavy (non-hydrogen) atoms. The number of hydrogen-bond donors (Lipinski definition) is 1. The Labute approximate surface area is 172 Å². The zero-order chi connectivity index (χ0) is 21.0. The van der Waals surface area contributed by atoms with E-state index >= 15 is 0 Å². The smallest absolute Gasteiger partial charge is 0.254 e. The standard InChI is InChI=1S/C22H28N2O4S/c1-4-13-29(26,27)23-18-9-6-10-19(14-18)28-20-11-12-24(15-20)22(25)21-16(2)7-5-8-17(21)3/h5-10,14,20,23H,4,11-13,15H2,1-3H3/t20-/m0/s1. The zero-order valence-electron chi connectivity index (χ0n) is 17.1. The molecule has 1 heterocycles. The molecule has 0 unspecified atom stereocenters. The number of carbonyl (C=O) groups is 1. The molecule has 0 spiro atoms. The van der Waals surface area contributed by atoms with Gasteiger partial charge in [0.05, 0.1) is 18.0 Å². The van der Waals surface area contributed by atoms with Gasteiger partial charge in [-0.15, -0.1) is 0 Å². The highest BCUT2D eigenvalue weighted by molar-refractivity contribution is 7.92. The first-order valence-corrected chi connectivity index (χ1v) is 11.6. The van der Waals surface area contributed by atoms with Gasteiger partial charge in [-0.05, 0) is 43.5 Å². The van der Waals surface area contributed by atoms with E-state index in [1.807, 2.05) is 43.9 Å². The van der Waals surface area contributed by atoms with Crippen molar-refractivity contribution in [3.8, 4) is 5.75 Å². The molecule has 7 heteroatoms. The van der Waals surface area contributed by atoms with Crippen LogP contribution in [0.1, 0.15) is 41.3 Å². The van der Waals surface area contributed by atoms with Crippen LogP contribution in [-0.4, -0.2) is 44.2 Å². The molecule has 0 saturated carbocycles. The van der Waals surface area contributed by atoms with Crippen molar-refractivity contribution in [1.29, 1.82) is 0 Å². The van der Waals surface area contributed by atoms with Crippen molar-refractivity contribution < 1.29 is 17.9 Å². The number of nitrogens with zero attached hydrogens (tertiary/aromatic N) is 1. The van der Waals surface area contributed by atoms with Crippen LogP contribution >= 0.6 is 0 Å². The number of amides is 1. The molecule has 1 aliphatic rings. The molecule has 0 aliphatic carbocycles. The van der Waals surface area contributed by atoms with Crippen molar-refractivity contribution in [3.63, 3.8) is 0 Å². The van der Waals surface area contributed by atoms with E-state index in [2.05, 4.69) is 4.72 Å². The predicted molar refractivity (Wildman–Crippen MR) is 115 cm³/mol. The van der Waals surface area contributed by atoms with Gasteiger partial charge >= 0.3 is 0 Å². The zero-order valence-corrected chi connectivity index (χ0v) is 18.0. The van der Waals surface area contributed by atoms with E-state index in [1.54, 1.807) is 24.3 Å². The minimum Gasteiger partial charge on any atom is -0.488 e. The van der Waals surface area contributed by atoms with Gasteiger partial charge in [-0.3, -0.25) is 9.52 Å². The van der Waals surface area contributed by atoms with Crippen LogP contribution in [0.15, 0.2) is 42.5 Å². The van der Waals surface area contributed by atoms with Crippen LogP contribution in [0, 0.1) is 13.8 Å². The predicted octanol–water partition coefficient (Wildman–Crippen LogP) is 3.75. The van der Waals surface area contributed by atoms with E-state index in [-0.39, 0.29) is 17.8 Å². The molecule has 156 valence electrons. The van der Waals surface area contributed by atoms with E-state index in [1.165, 1.54) is 0 Å². The van der Waals surface area contributed by atoms with Crippen LogP contribution in [0.2, 0.25) is 0 Å². The first kappa shape index (κ1) is 21.2. The second-order valence-electron chi connectivity index (χ2n) is 7.50. The number of carbonyl (C=O) groups excluding carboxylic acids is 1. The minimum atomic E-state index is -3.35. The van der Waals surface area contributed by atoms with Gasteiger partial charge in [0, 0.05) is 24.6 Å². The number of ether oxygens (including phenoxy) is 1. The second-order valence-corrected chi connectivity index (χ2v) is 9.34. The lowest BCUT2D eigenvalue weighted by molar-refractivity contribution is 0.0771. The van der Waals surface area contributed by atoms with Gasteiger partial charge in [0.15, 0.2) is 0 Å². The van der Waals surface area contributed by atoms with Gasteiger partial charge in [-0.2, -0.15) is 0 Å². The van der Waals surface area contributed by atoms with Gasteiger partial charge < -0.3 is 9.64 Å². The Morgan fingerprint density at radius 2 is 1.86 bits per heavy atom. The van der Waals surface area contributed by atoms with Crippen LogP contribution in [0.4, 0.5) is 5.69 Å². The third kappa shape index (κ3) is 5.29. The highest BCUT2D eigenvalue weighted by Crippen LogP contribution is 2.24. The lowest BCUT2D eigenvalue weighted by atomic mass is 10.0. The molecule has 1 amide bonds. The van der Waals surface area contributed by atoms with Crippen molar-refractivity contribution in [1.82, 2.24) is 4.90 Å². The number of sulfonamides is 1. The van der Waals surface area contributed by atoms with E-state index in [9.17, 15) is 13.2 Å². The maximum absolute atomic E-state index is 13.0. The Kier molecular flexibility index (Phi) is 6.47. The molecule has 1 fully saturated rings. The average molecular weight is 417 g/mol. The molecule has 2 aromatic rings. The van der Waals surface area contributed by atoms with Crippen molar-refractivity contribution in [2.75, 3.05) is 23.6 Å². The molecule has 1 atom stereocenters.